The molecule has 0 saturated heterocycles. The second-order valence-corrected chi connectivity index (χ2v) is 5.75. The van der Waals surface area contributed by atoms with E-state index in [9.17, 15) is 0 Å². The van der Waals surface area contributed by atoms with E-state index in [-0.39, 0.29) is 0 Å². The van der Waals surface area contributed by atoms with Gasteiger partial charge in [0.1, 0.15) is 5.82 Å². The SMILES string of the molecule is CCc1nc(-c2cncc3ccccc23)nc(NC)c1I. The Hall–Kier alpha value is -1.76. The molecule has 0 atom stereocenters. The molecule has 106 valence electrons. The quantitative estimate of drug-likeness (QED) is 0.690. The summed E-state index contributed by atoms with van der Waals surface area (Å²) in [5.41, 5.74) is 2.02. The van der Waals surface area contributed by atoms with Gasteiger partial charge in [-0.3, -0.25) is 4.98 Å². The van der Waals surface area contributed by atoms with Crippen molar-refractivity contribution >= 4 is 39.2 Å². The zero-order valence-corrected chi connectivity index (χ0v) is 14.0. The first-order valence-corrected chi connectivity index (χ1v) is 7.89. The molecule has 0 aliphatic rings. The molecule has 2 heterocycles. The molecular weight excluding hydrogens is 375 g/mol. The zero-order valence-electron chi connectivity index (χ0n) is 11.9. The third kappa shape index (κ3) is 2.57. The van der Waals surface area contributed by atoms with Crippen LogP contribution >= 0.6 is 22.6 Å². The molecule has 3 aromatic rings. The van der Waals surface area contributed by atoms with Gasteiger partial charge in [-0.2, -0.15) is 0 Å². The number of hydrogen-bond acceptors (Lipinski definition) is 4. The lowest BCUT2D eigenvalue weighted by atomic mass is 10.1. The molecule has 3 rings (SSSR count). The van der Waals surface area contributed by atoms with Crippen molar-refractivity contribution in [1.82, 2.24) is 15.0 Å². The summed E-state index contributed by atoms with van der Waals surface area (Å²) in [5, 5.41) is 5.37. The summed E-state index contributed by atoms with van der Waals surface area (Å²) in [4.78, 5) is 13.7. The fourth-order valence-corrected chi connectivity index (χ4v) is 3.20. The maximum atomic E-state index is 4.72. The maximum absolute atomic E-state index is 4.72. The number of pyridine rings is 1. The van der Waals surface area contributed by atoms with E-state index in [0.29, 0.717) is 0 Å². The Kier molecular flexibility index (Phi) is 4.01. The average Bonchev–Trinajstić information content (AvgIpc) is 2.54. The van der Waals surface area contributed by atoms with Crippen molar-refractivity contribution in [3.05, 3.63) is 45.9 Å². The smallest absolute Gasteiger partial charge is 0.164 e. The topological polar surface area (TPSA) is 50.7 Å². The van der Waals surface area contributed by atoms with Gasteiger partial charge in [-0.05, 0) is 34.4 Å². The van der Waals surface area contributed by atoms with Crippen LogP contribution in [0.5, 0.6) is 0 Å². The van der Waals surface area contributed by atoms with Crippen LogP contribution in [0.3, 0.4) is 0 Å². The lowest BCUT2D eigenvalue weighted by Gasteiger charge is -2.11. The Morgan fingerprint density at radius 3 is 2.71 bits per heavy atom. The lowest BCUT2D eigenvalue weighted by molar-refractivity contribution is 0.990. The fourth-order valence-electron chi connectivity index (χ4n) is 2.31. The molecular formula is C16H15IN4. The minimum absolute atomic E-state index is 0.723. The molecule has 0 aliphatic heterocycles. The van der Waals surface area contributed by atoms with Crippen molar-refractivity contribution in [1.29, 1.82) is 0 Å². The van der Waals surface area contributed by atoms with Gasteiger partial charge in [-0.1, -0.05) is 31.2 Å². The zero-order chi connectivity index (χ0) is 14.8. The molecule has 4 nitrogen and oxygen atoms in total. The third-order valence-electron chi connectivity index (χ3n) is 3.40. The number of hydrogen-bond donors (Lipinski definition) is 1. The van der Waals surface area contributed by atoms with Crippen molar-refractivity contribution in [2.24, 2.45) is 0 Å². The standard InChI is InChI=1S/C16H15IN4/c1-3-13-14(17)16(18-2)21-15(20-13)12-9-19-8-10-6-4-5-7-11(10)12/h4-9H,3H2,1-2H3,(H,18,20,21). The maximum Gasteiger partial charge on any atom is 0.164 e. The van der Waals surface area contributed by atoms with E-state index in [1.807, 2.05) is 31.6 Å². The van der Waals surface area contributed by atoms with E-state index in [1.165, 1.54) is 0 Å². The van der Waals surface area contributed by atoms with Gasteiger partial charge >= 0.3 is 0 Å². The largest absolute Gasteiger partial charge is 0.372 e. The Morgan fingerprint density at radius 2 is 1.95 bits per heavy atom. The van der Waals surface area contributed by atoms with Gasteiger partial charge in [0.05, 0.1) is 9.26 Å². The molecule has 2 aromatic heterocycles. The van der Waals surface area contributed by atoms with E-state index >= 15 is 0 Å². The van der Waals surface area contributed by atoms with Crippen LogP contribution in [-0.2, 0) is 6.42 Å². The number of benzene rings is 1. The third-order valence-corrected chi connectivity index (χ3v) is 4.53. The minimum Gasteiger partial charge on any atom is -0.372 e. The summed E-state index contributed by atoms with van der Waals surface area (Å²) in [6.07, 6.45) is 4.58. The summed E-state index contributed by atoms with van der Waals surface area (Å²) in [5.74, 6) is 1.59. The molecule has 0 unspecified atom stereocenters. The molecule has 0 amide bonds. The van der Waals surface area contributed by atoms with Crippen LogP contribution in [0.25, 0.3) is 22.2 Å². The van der Waals surface area contributed by atoms with Crippen LogP contribution in [0, 0.1) is 3.57 Å². The molecule has 1 N–H and O–H groups in total. The summed E-state index contributed by atoms with van der Waals surface area (Å²) in [6, 6.07) is 8.17. The van der Waals surface area contributed by atoms with Crippen LogP contribution < -0.4 is 5.32 Å². The molecule has 21 heavy (non-hydrogen) atoms. The Balaban J connectivity index is 2.28. The van der Waals surface area contributed by atoms with Gasteiger partial charge in [-0.15, -0.1) is 0 Å². The second kappa shape index (κ2) is 5.93. The van der Waals surface area contributed by atoms with Crippen molar-refractivity contribution in [3.63, 3.8) is 0 Å². The number of rotatable bonds is 3. The highest BCUT2D eigenvalue weighted by atomic mass is 127. The highest BCUT2D eigenvalue weighted by Crippen LogP contribution is 2.28. The van der Waals surface area contributed by atoms with E-state index in [2.05, 4.69) is 56.9 Å². The number of anilines is 1. The van der Waals surface area contributed by atoms with Crippen molar-refractivity contribution in [2.75, 3.05) is 12.4 Å². The second-order valence-electron chi connectivity index (χ2n) is 4.67. The van der Waals surface area contributed by atoms with Crippen LogP contribution in [0.15, 0.2) is 36.7 Å². The van der Waals surface area contributed by atoms with Gasteiger partial charge in [0, 0.05) is 30.4 Å². The molecule has 0 fully saturated rings. The van der Waals surface area contributed by atoms with Gasteiger partial charge in [0.25, 0.3) is 0 Å². The molecule has 1 aromatic carbocycles. The van der Waals surface area contributed by atoms with E-state index in [1.54, 1.807) is 0 Å². The number of nitrogens with one attached hydrogen (secondary N) is 1. The first-order valence-electron chi connectivity index (χ1n) is 6.82. The van der Waals surface area contributed by atoms with Crippen molar-refractivity contribution in [2.45, 2.75) is 13.3 Å². The number of aromatic nitrogens is 3. The highest BCUT2D eigenvalue weighted by molar-refractivity contribution is 14.1. The first kappa shape index (κ1) is 14.2. The normalized spacial score (nSPS) is 10.8. The summed E-state index contributed by atoms with van der Waals surface area (Å²) < 4.78 is 1.08. The number of aryl methyl sites for hydroxylation is 1. The van der Waals surface area contributed by atoms with Crippen molar-refractivity contribution in [3.8, 4) is 11.4 Å². The lowest BCUT2D eigenvalue weighted by Crippen LogP contribution is -2.05. The predicted molar refractivity (Wildman–Crippen MR) is 94.4 cm³/mol. The van der Waals surface area contributed by atoms with Crippen molar-refractivity contribution < 1.29 is 0 Å². The monoisotopic (exact) mass is 390 g/mol. The number of halogens is 1. The predicted octanol–water partition coefficient (Wildman–Crippen LogP) is 3.90. The van der Waals surface area contributed by atoms with E-state index in [4.69, 9.17) is 4.98 Å². The number of fused-ring (bicyclic) bond motifs is 1. The van der Waals surface area contributed by atoms with Gasteiger partial charge in [0.2, 0.25) is 0 Å². The van der Waals surface area contributed by atoms with E-state index in [0.717, 1.165) is 43.7 Å². The summed E-state index contributed by atoms with van der Waals surface area (Å²) in [6.45, 7) is 2.11. The highest BCUT2D eigenvalue weighted by Gasteiger charge is 2.13. The molecule has 0 bridgehead atoms. The minimum atomic E-state index is 0.723. The van der Waals surface area contributed by atoms with E-state index < -0.39 is 0 Å². The number of nitrogens with zero attached hydrogens (tertiary/aromatic N) is 3. The van der Waals surface area contributed by atoms with Crippen LogP contribution in [0.1, 0.15) is 12.6 Å². The molecule has 0 saturated carbocycles. The molecule has 0 spiro atoms. The van der Waals surface area contributed by atoms with Gasteiger partial charge < -0.3 is 5.32 Å². The summed E-state index contributed by atoms with van der Waals surface area (Å²) in [7, 11) is 1.88. The van der Waals surface area contributed by atoms with Crippen LogP contribution in [0.4, 0.5) is 5.82 Å². The van der Waals surface area contributed by atoms with Gasteiger partial charge in [0.15, 0.2) is 5.82 Å². The molecule has 5 heteroatoms. The summed E-state index contributed by atoms with van der Waals surface area (Å²) >= 11 is 2.29. The Morgan fingerprint density at radius 1 is 1.14 bits per heavy atom. The van der Waals surface area contributed by atoms with Crippen LogP contribution in [0.2, 0.25) is 0 Å². The average molecular weight is 390 g/mol. The first-order chi connectivity index (χ1) is 10.2. The molecule has 0 radical (unpaired) electrons. The van der Waals surface area contributed by atoms with Crippen LogP contribution in [-0.4, -0.2) is 22.0 Å². The van der Waals surface area contributed by atoms with Gasteiger partial charge in [-0.25, -0.2) is 9.97 Å². The fraction of sp³-hybridized carbons (Fsp3) is 0.188. The Labute approximate surface area is 137 Å². The Bertz CT molecular complexity index is 771. The molecule has 0 aliphatic carbocycles.